The lowest BCUT2D eigenvalue weighted by molar-refractivity contribution is -0.129. The highest BCUT2D eigenvalue weighted by molar-refractivity contribution is 9.10. The number of anilines is 1. The summed E-state index contributed by atoms with van der Waals surface area (Å²) in [5, 5.41) is 2.71. The Hall–Kier alpha value is -1.47. The third kappa shape index (κ3) is 3.55. The van der Waals surface area contributed by atoms with Crippen LogP contribution >= 0.6 is 15.9 Å². The number of carbonyl (C=O) groups excluding carboxylic acids is 2. The molecule has 0 spiro atoms. The SMILES string of the molecule is NC(=O)C1(F)CCN(CC(=O)Nc2ccc(Br)cc2)C1. The molecular weight excluding hydrogens is 329 g/mol. The fraction of sp³-hybridized carbons (Fsp3) is 0.385. The molecule has 1 atom stereocenters. The van der Waals surface area contributed by atoms with Gasteiger partial charge in [0.2, 0.25) is 11.6 Å². The van der Waals surface area contributed by atoms with Crippen LogP contribution in [0.5, 0.6) is 0 Å². The second kappa shape index (κ2) is 5.88. The molecular formula is C13H15BrFN3O2. The molecule has 20 heavy (non-hydrogen) atoms. The van der Waals surface area contributed by atoms with E-state index >= 15 is 0 Å². The van der Waals surface area contributed by atoms with Crippen molar-refractivity contribution < 1.29 is 14.0 Å². The normalized spacial score (nSPS) is 22.7. The van der Waals surface area contributed by atoms with Crippen LogP contribution in [0.1, 0.15) is 6.42 Å². The Morgan fingerprint density at radius 2 is 2.05 bits per heavy atom. The molecule has 2 amide bonds. The van der Waals surface area contributed by atoms with Crippen molar-refractivity contribution in [2.24, 2.45) is 5.73 Å². The topological polar surface area (TPSA) is 75.4 Å². The number of rotatable bonds is 4. The number of amides is 2. The number of halogens is 2. The molecule has 1 saturated heterocycles. The standard InChI is InChI=1S/C13H15BrFN3O2/c14-9-1-3-10(4-2-9)17-11(19)7-18-6-5-13(15,8-18)12(16)20/h1-4H,5-8H2,(H2,16,20)(H,17,19). The number of carbonyl (C=O) groups is 2. The lowest BCUT2D eigenvalue weighted by Crippen LogP contribution is -2.43. The molecule has 1 unspecified atom stereocenters. The zero-order valence-electron chi connectivity index (χ0n) is 10.7. The number of likely N-dealkylation sites (tertiary alicyclic amines) is 1. The average Bonchev–Trinajstić information content (AvgIpc) is 2.75. The van der Waals surface area contributed by atoms with Crippen molar-refractivity contribution >= 4 is 33.4 Å². The van der Waals surface area contributed by atoms with Crippen molar-refractivity contribution in [3.05, 3.63) is 28.7 Å². The molecule has 0 bridgehead atoms. The maximum atomic E-state index is 14.0. The first-order valence-corrected chi connectivity index (χ1v) is 6.95. The van der Waals surface area contributed by atoms with E-state index in [9.17, 15) is 14.0 Å². The van der Waals surface area contributed by atoms with E-state index in [1.54, 1.807) is 17.0 Å². The second-order valence-electron chi connectivity index (χ2n) is 4.85. The van der Waals surface area contributed by atoms with Crippen LogP contribution in [-0.2, 0) is 9.59 Å². The van der Waals surface area contributed by atoms with Crippen molar-refractivity contribution in [3.63, 3.8) is 0 Å². The molecule has 0 aromatic heterocycles. The van der Waals surface area contributed by atoms with E-state index in [1.165, 1.54) is 0 Å². The highest BCUT2D eigenvalue weighted by Crippen LogP contribution is 2.25. The summed E-state index contributed by atoms with van der Waals surface area (Å²) >= 11 is 3.30. The Kier molecular flexibility index (Phi) is 4.39. The maximum absolute atomic E-state index is 14.0. The summed E-state index contributed by atoms with van der Waals surface area (Å²) in [6.45, 7) is 0.248. The third-order valence-corrected chi connectivity index (χ3v) is 3.76. The molecule has 5 nitrogen and oxygen atoms in total. The van der Waals surface area contributed by atoms with E-state index in [0.29, 0.717) is 12.2 Å². The molecule has 1 fully saturated rings. The van der Waals surface area contributed by atoms with E-state index in [0.717, 1.165) is 4.47 Å². The summed E-state index contributed by atoms with van der Waals surface area (Å²) in [5.41, 5.74) is 3.67. The first-order chi connectivity index (χ1) is 9.39. The molecule has 7 heteroatoms. The minimum Gasteiger partial charge on any atom is -0.367 e. The van der Waals surface area contributed by atoms with E-state index in [2.05, 4.69) is 21.2 Å². The number of hydrogen-bond donors (Lipinski definition) is 2. The Morgan fingerprint density at radius 3 is 2.60 bits per heavy atom. The van der Waals surface area contributed by atoms with Gasteiger partial charge in [0, 0.05) is 29.7 Å². The number of benzene rings is 1. The van der Waals surface area contributed by atoms with Crippen LogP contribution in [-0.4, -0.2) is 42.0 Å². The summed E-state index contributed by atoms with van der Waals surface area (Å²) < 4.78 is 14.9. The quantitative estimate of drug-likeness (QED) is 0.864. The minimum atomic E-state index is -2.02. The molecule has 3 N–H and O–H groups in total. The molecule has 1 aromatic carbocycles. The molecule has 1 heterocycles. The number of nitrogens with two attached hydrogens (primary N) is 1. The van der Waals surface area contributed by atoms with Crippen LogP contribution < -0.4 is 11.1 Å². The number of nitrogens with zero attached hydrogens (tertiary/aromatic N) is 1. The zero-order chi connectivity index (χ0) is 14.8. The van der Waals surface area contributed by atoms with E-state index in [1.807, 2.05) is 12.1 Å². The zero-order valence-corrected chi connectivity index (χ0v) is 12.3. The van der Waals surface area contributed by atoms with Crippen LogP contribution in [0.2, 0.25) is 0 Å². The first kappa shape index (κ1) is 14.9. The van der Waals surface area contributed by atoms with Gasteiger partial charge >= 0.3 is 0 Å². The van der Waals surface area contributed by atoms with Gasteiger partial charge in [0.05, 0.1) is 6.54 Å². The molecule has 1 aliphatic heterocycles. The number of primary amides is 1. The molecule has 0 saturated carbocycles. The van der Waals surface area contributed by atoms with Gasteiger partial charge in [-0.3, -0.25) is 14.5 Å². The predicted molar refractivity (Wildman–Crippen MR) is 76.9 cm³/mol. The van der Waals surface area contributed by atoms with E-state index in [-0.39, 0.29) is 25.4 Å². The monoisotopic (exact) mass is 343 g/mol. The first-order valence-electron chi connectivity index (χ1n) is 6.16. The highest BCUT2D eigenvalue weighted by atomic mass is 79.9. The average molecular weight is 344 g/mol. The third-order valence-electron chi connectivity index (χ3n) is 3.24. The van der Waals surface area contributed by atoms with Crippen molar-refractivity contribution in [1.82, 2.24) is 4.90 Å². The highest BCUT2D eigenvalue weighted by Gasteiger charge is 2.43. The van der Waals surface area contributed by atoms with Crippen LogP contribution in [0.4, 0.5) is 10.1 Å². The van der Waals surface area contributed by atoms with Gasteiger partial charge in [0.25, 0.3) is 5.91 Å². The fourth-order valence-electron chi connectivity index (χ4n) is 2.12. The van der Waals surface area contributed by atoms with Crippen LogP contribution in [0.15, 0.2) is 28.7 Å². The maximum Gasteiger partial charge on any atom is 0.256 e. The van der Waals surface area contributed by atoms with Gasteiger partial charge in [0.1, 0.15) is 0 Å². The predicted octanol–water partition coefficient (Wildman–Crippen LogP) is 1.29. The minimum absolute atomic E-state index is 0.0356. The summed E-state index contributed by atoms with van der Waals surface area (Å²) in [7, 11) is 0. The lowest BCUT2D eigenvalue weighted by Gasteiger charge is -2.17. The lowest BCUT2D eigenvalue weighted by atomic mass is 10.1. The van der Waals surface area contributed by atoms with Crippen LogP contribution in [0, 0.1) is 0 Å². The summed E-state index contributed by atoms with van der Waals surface area (Å²) in [6.07, 6.45) is 0.0356. The number of alkyl halides is 1. The number of hydrogen-bond acceptors (Lipinski definition) is 3. The Bertz CT molecular complexity index is 523. The van der Waals surface area contributed by atoms with Gasteiger partial charge in [-0.1, -0.05) is 15.9 Å². The van der Waals surface area contributed by atoms with Gasteiger partial charge in [0.15, 0.2) is 0 Å². The molecule has 1 aromatic rings. The van der Waals surface area contributed by atoms with Crippen molar-refractivity contribution in [2.75, 3.05) is 25.0 Å². The molecule has 1 aliphatic rings. The van der Waals surface area contributed by atoms with Gasteiger partial charge in [-0.05, 0) is 24.3 Å². The molecule has 0 aliphatic carbocycles. The van der Waals surface area contributed by atoms with Gasteiger partial charge < -0.3 is 11.1 Å². The largest absolute Gasteiger partial charge is 0.367 e. The summed E-state index contributed by atoms with van der Waals surface area (Å²) in [5.74, 6) is -1.21. The van der Waals surface area contributed by atoms with Gasteiger partial charge in [-0.25, -0.2) is 4.39 Å². The molecule has 2 rings (SSSR count). The van der Waals surface area contributed by atoms with Crippen molar-refractivity contribution in [1.29, 1.82) is 0 Å². The molecule has 108 valence electrons. The summed E-state index contributed by atoms with van der Waals surface area (Å²) in [6, 6.07) is 7.14. The van der Waals surface area contributed by atoms with Gasteiger partial charge in [-0.2, -0.15) is 0 Å². The van der Waals surface area contributed by atoms with E-state index < -0.39 is 11.6 Å². The Morgan fingerprint density at radius 1 is 1.40 bits per heavy atom. The number of nitrogens with one attached hydrogen (secondary N) is 1. The Labute approximate surface area is 124 Å². The van der Waals surface area contributed by atoms with Crippen molar-refractivity contribution in [3.8, 4) is 0 Å². The molecule has 0 radical (unpaired) electrons. The smallest absolute Gasteiger partial charge is 0.256 e. The van der Waals surface area contributed by atoms with Crippen LogP contribution in [0.25, 0.3) is 0 Å². The van der Waals surface area contributed by atoms with E-state index in [4.69, 9.17) is 5.73 Å². The van der Waals surface area contributed by atoms with Crippen LogP contribution in [0.3, 0.4) is 0 Å². The van der Waals surface area contributed by atoms with Gasteiger partial charge in [-0.15, -0.1) is 0 Å². The second-order valence-corrected chi connectivity index (χ2v) is 5.76. The van der Waals surface area contributed by atoms with Crippen molar-refractivity contribution in [2.45, 2.75) is 12.1 Å². The summed E-state index contributed by atoms with van der Waals surface area (Å²) in [4.78, 5) is 24.4. The fourth-order valence-corrected chi connectivity index (χ4v) is 2.39. The Balaban J connectivity index is 1.87.